The van der Waals surface area contributed by atoms with Gasteiger partial charge >= 0.3 is 12.1 Å². The Hall–Kier alpha value is -1.20. The van der Waals surface area contributed by atoms with Crippen LogP contribution in [0.25, 0.3) is 0 Å². The lowest BCUT2D eigenvalue weighted by atomic mass is 10.4. The van der Waals surface area contributed by atoms with Crippen LogP contribution in [0, 0.1) is 0 Å². The van der Waals surface area contributed by atoms with Crippen LogP contribution >= 0.6 is 0 Å². The number of halogens is 3. The summed E-state index contributed by atoms with van der Waals surface area (Å²) >= 11 is 0. The van der Waals surface area contributed by atoms with Gasteiger partial charge < -0.3 is 9.47 Å². The van der Waals surface area contributed by atoms with Gasteiger partial charge in [-0.1, -0.05) is 0 Å². The maximum Gasteiger partial charge on any atom is 0.449 e. The number of carbonyl (C=O) groups is 1. The standard InChI is InChI=1S/C8H11F3O3/c1-3-13-6(8(9,10)11)5-7(12)14-4-2/h5H,3-4H2,1-2H3/b6-5-. The van der Waals surface area contributed by atoms with Crippen LogP contribution in [0.3, 0.4) is 0 Å². The third-order valence-corrected chi connectivity index (χ3v) is 1.11. The number of carbonyl (C=O) groups excluding carboxylic acids is 1. The molecule has 0 aromatic rings. The average Bonchev–Trinajstić information content (AvgIpc) is 2.02. The first kappa shape index (κ1) is 12.8. The minimum atomic E-state index is -4.66. The van der Waals surface area contributed by atoms with Gasteiger partial charge in [0.1, 0.15) is 0 Å². The van der Waals surface area contributed by atoms with E-state index in [0.717, 1.165) is 0 Å². The number of ether oxygens (including phenoxy) is 2. The molecule has 14 heavy (non-hydrogen) atoms. The summed E-state index contributed by atoms with van der Waals surface area (Å²) in [6.45, 7) is 2.75. The molecule has 0 rings (SSSR count). The summed E-state index contributed by atoms with van der Waals surface area (Å²) in [5.74, 6) is -2.40. The van der Waals surface area contributed by atoms with Gasteiger partial charge in [-0.05, 0) is 13.8 Å². The van der Waals surface area contributed by atoms with Crippen LogP contribution in [0.2, 0.25) is 0 Å². The van der Waals surface area contributed by atoms with Gasteiger partial charge in [-0.2, -0.15) is 13.2 Å². The van der Waals surface area contributed by atoms with Gasteiger partial charge in [-0.15, -0.1) is 0 Å². The van der Waals surface area contributed by atoms with E-state index in [0.29, 0.717) is 6.08 Å². The SMILES string of the molecule is CCOC(=O)/C=C(\OCC)C(F)(F)F. The van der Waals surface area contributed by atoms with Crippen molar-refractivity contribution in [3.63, 3.8) is 0 Å². The quantitative estimate of drug-likeness (QED) is 0.406. The van der Waals surface area contributed by atoms with Crippen molar-refractivity contribution in [2.24, 2.45) is 0 Å². The summed E-state index contributed by atoms with van der Waals surface area (Å²) in [6.07, 6.45) is -4.37. The number of alkyl halides is 3. The first-order chi connectivity index (χ1) is 6.41. The van der Waals surface area contributed by atoms with E-state index in [-0.39, 0.29) is 13.2 Å². The monoisotopic (exact) mass is 212 g/mol. The minimum Gasteiger partial charge on any atom is -0.489 e. The summed E-state index contributed by atoms with van der Waals surface area (Å²) in [5.41, 5.74) is 0. The van der Waals surface area contributed by atoms with Crippen LogP contribution in [0.4, 0.5) is 13.2 Å². The third kappa shape index (κ3) is 4.74. The topological polar surface area (TPSA) is 35.5 Å². The number of allylic oxidation sites excluding steroid dienone is 1. The van der Waals surface area contributed by atoms with Gasteiger partial charge in [0, 0.05) is 0 Å². The molecule has 0 unspecified atom stereocenters. The molecule has 0 fully saturated rings. The van der Waals surface area contributed by atoms with E-state index in [1.807, 2.05) is 0 Å². The van der Waals surface area contributed by atoms with Crippen molar-refractivity contribution >= 4 is 5.97 Å². The van der Waals surface area contributed by atoms with Gasteiger partial charge in [0.05, 0.1) is 19.3 Å². The van der Waals surface area contributed by atoms with Crippen LogP contribution in [0.15, 0.2) is 11.8 Å². The first-order valence-corrected chi connectivity index (χ1v) is 4.00. The summed E-state index contributed by atoms with van der Waals surface area (Å²) < 4.78 is 44.9. The van der Waals surface area contributed by atoms with Gasteiger partial charge in [0.2, 0.25) is 5.76 Å². The molecule has 0 N–H and O–H groups in total. The van der Waals surface area contributed by atoms with Crippen LogP contribution in [-0.4, -0.2) is 25.4 Å². The van der Waals surface area contributed by atoms with E-state index in [9.17, 15) is 18.0 Å². The van der Waals surface area contributed by atoms with E-state index in [1.54, 1.807) is 0 Å². The summed E-state index contributed by atoms with van der Waals surface area (Å²) in [4.78, 5) is 10.7. The smallest absolute Gasteiger partial charge is 0.449 e. The Bertz CT molecular complexity index is 220. The highest BCUT2D eigenvalue weighted by Crippen LogP contribution is 2.26. The average molecular weight is 212 g/mol. The molecule has 0 saturated heterocycles. The molecule has 0 saturated carbocycles. The highest BCUT2D eigenvalue weighted by atomic mass is 19.4. The Labute approximate surface area is 79.5 Å². The highest BCUT2D eigenvalue weighted by molar-refractivity contribution is 5.82. The molecule has 82 valence electrons. The molecule has 0 aromatic carbocycles. The van der Waals surface area contributed by atoms with Crippen LogP contribution in [-0.2, 0) is 14.3 Å². The lowest BCUT2D eigenvalue weighted by Crippen LogP contribution is -2.17. The zero-order valence-electron chi connectivity index (χ0n) is 7.85. The number of hydrogen-bond donors (Lipinski definition) is 0. The minimum absolute atomic E-state index is 0.0204. The van der Waals surface area contributed by atoms with Gasteiger partial charge in [0.15, 0.2) is 0 Å². The number of rotatable bonds is 4. The second-order valence-electron chi connectivity index (χ2n) is 2.19. The largest absolute Gasteiger partial charge is 0.489 e. The molecule has 6 heteroatoms. The molecular formula is C8H11F3O3. The fourth-order valence-electron chi connectivity index (χ4n) is 0.652. The molecule has 0 heterocycles. The molecular weight excluding hydrogens is 201 g/mol. The molecule has 0 spiro atoms. The van der Waals surface area contributed by atoms with E-state index < -0.39 is 17.9 Å². The van der Waals surface area contributed by atoms with Crippen molar-refractivity contribution in [2.45, 2.75) is 20.0 Å². The summed E-state index contributed by atoms with van der Waals surface area (Å²) in [5, 5.41) is 0. The molecule has 3 nitrogen and oxygen atoms in total. The maximum atomic E-state index is 12.1. The number of esters is 1. The first-order valence-electron chi connectivity index (χ1n) is 4.00. The van der Waals surface area contributed by atoms with Crippen molar-refractivity contribution in [3.8, 4) is 0 Å². The summed E-state index contributed by atoms with van der Waals surface area (Å²) in [6, 6.07) is 0. The Balaban J connectivity index is 4.56. The lowest BCUT2D eigenvalue weighted by Gasteiger charge is -2.11. The normalized spacial score (nSPS) is 12.5. The van der Waals surface area contributed by atoms with Crippen molar-refractivity contribution in [1.82, 2.24) is 0 Å². The molecule has 0 radical (unpaired) electrons. The molecule has 0 aliphatic rings. The number of hydrogen-bond acceptors (Lipinski definition) is 3. The van der Waals surface area contributed by atoms with Crippen LogP contribution < -0.4 is 0 Å². The zero-order chi connectivity index (χ0) is 11.2. The van der Waals surface area contributed by atoms with E-state index in [4.69, 9.17) is 0 Å². The predicted octanol–water partition coefficient (Wildman–Crippen LogP) is 2.03. The Morgan fingerprint density at radius 2 is 1.71 bits per heavy atom. The van der Waals surface area contributed by atoms with Crippen molar-refractivity contribution in [1.29, 1.82) is 0 Å². The zero-order valence-corrected chi connectivity index (χ0v) is 7.85. The van der Waals surface area contributed by atoms with Gasteiger partial charge in [-0.3, -0.25) is 0 Å². The molecule has 0 amide bonds. The third-order valence-electron chi connectivity index (χ3n) is 1.11. The van der Waals surface area contributed by atoms with E-state index in [2.05, 4.69) is 9.47 Å². The highest BCUT2D eigenvalue weighted by Gasteiger charge is 2.36. The Morgan fingerprint density at radius 1 is 1.21 bits per heavy atom. The fourth-order valence-corrected chi connectivity index (χ4v) is 0.652. The van der Waals surface area contributed by atoms with Crippen molar-refractivity contribution in [3.05, 3.63) is 11.8 Å². The van der Waals surface area contributed by atoms with Crippen LogP contribution in [0.1, 0.15) is 13.8 Å². The lowest BCUT2D eigenvalue weighted by molar-refractivity contribution is -0.143. The molecule has 0 aromatic heterocycles. The van der Waals surface area contributed by atoms with Gasteiger partial charge in [0.25, 0.3) is 0 Å². The second kappa shape index (κ2) is 5.51. The van der Waals surface area contributed by atoms with Crippen molar-refractivity contribution < 1.29 is 27.4 Å². The second-order valence-corrected chi connectivity index (χ2v) is 2.19. The molecule has 0 bridgehead atoms. The van der Waals surface area contributed by atoms with E-state index in [1.165, 1.54) is 13.8 Å². The molecule has 0 aliphatic heterocycles. The maximum absolute atomic E-state index is 12.1. The van der Waals surface area contributed by atoms with Crippen LogP contribution in [0.5, 0.6) is 0 Å². The summed E-state index contributed by atoms with van der Waals surface area (Å²) in [7, 11) is 0. The van der Waals surface area contributed by atoms with Gasteiger partial charge in [-0.25, -0.2) is 4.79 Å². The van der Waals surface area contributed by atoms with Crippen molar-refractivity contribution in [2.75, 3.05) is 13.2 Å². The Morgan fingerprint density at radius 3 is 2.07 bits per heavy atom. The molecule has 0 aliphatic carbocycles. The predicted molar refractivity (Wildman–Crippen MR) is 42.4 cm³/mol. The Kier molecular flexibility index (Phi) is 5.04. The van der Waals surface area contributed by atoms with E-state index >= 15 is 0 Å². The molecule has 0 atom stereocenters. The fraction of sp³-hybridized carbons (Fsp3) is 0.625.